The maximum absolute atomic E-state index is 12.7. The van der Waals surface area contributed by atoms with Crippen molar-refractivity contribution in [1.29, 1.82) is 0 Å². The minimum Gasteiger partial charge on any atom is -0.481 e. The number of amides is 1. The lowest BCUT2D eigenvalue weighted by Gasteiger charge is -2.36. The van der Waals surface area contributed by atoms with Crippen LogP contribution in [0.2, 0.25) is 0 Å². The highest BCUT2D eigenvalue weighted by Gasteiger charge is 2.35. The van der Waals surface area contributed by atoms with E-state index < -0.39 is 29.5 Å². The molecule has 1 fully saturated rings. The molecule has 1 aliphatic heterocycles. The molecule has 2 rings (SSSR count). The summed E-state index contributed by atoms with van der Waals surface area (Å²) >= 11 is 0. The molecule has 0 aliphatic carbocycles. The summed E-state index contributed by atoms with van der Waals surface area (Å²) in [4.78, 5) is 28.2. The Kier molecular flexibility index (Phi) is 4.39. The number of carboxylic acids is 1. The Morgan fingerprint density at radius 3 is 2.59 bits per heavy atom. The van der Waals surface area contributed by atoms with Gasteiger partial charge in [-0.1, -0.05) is 0 Å². The number of piperidine rings is 1. The highest BCUT2D eigenvalue weighted by molar-refractivity contribution is 5.94. The van der Waals surface area contributed by atoms with Crippen molar-refractivity contribution in [3.8, 4) is 0 Å². The van der Waals surface area contributed by atoms with Crippen LogP contribution in [-0.2, 0) is 11.0 Å². The van der Waals surface area contributed by atoms with E-state index in [9.17, 15) is 22.8 Å². The van der Waals surface area contributed by atoms with Crippen molar-refractivity contribution in [2.75, 3.05) is 6.54 Å². The van der Waals surface area contributed by atoms with Crippen molar-refractivity contribution < 1.29 is 27.9 Å². The topological polar surface area (TPSA) is 70.5 Å². The summed E-state index contributed by atoms with van der Waals surface area (Å²) in [6.07, 6.45) is -1.93. The first-order chi connectivity index (χ1) is 10.2. The molecule has 0 aromatic carbocycles. The molecule has 1 saturated heterocycles. The van der Waals surface area contributed by atoms with Gasteiger partial charge in [0, 0.05) is 25.0 Å². The predicted molar refractivity (Wildman–Crippen MR) is 70.1 cm³/mol. The van der Waals surface area contributed by atoms with E-state index in [1.165, 1.54) is 4.90 Å². The Morgan fingerprint density at radius 1 is 1.32 bits per heavy atom. The van der Waals surface area contributed by atoms with Crippen molar-refractivity contribution >= 4 is 11.9 Å². The number of nitrogens with zero attached hydrogens (tertiary/aromatic N) is 2. The zero-order valence-corrected chi connectivity index (χ0v) is 11.8. The highest BCUT2D eigenvalue weighted by Crippen LogP contribution is 2.30. The quantitative estimate of drug-likeness (QED) is 0.909. The van der Waals surface area contributed by atoms with Gasteiger partial charge in [-0.25, -0.2) is 0 Å². The Morgan fingerprint density at radius 2 is 2.00 bits per heavy atom. The van der Waals surface area contributed by atoms with Crippen LogP contribution in [0.3, 0.4) is 0 Å². The summed E-state index contributed by atoms with van der Waals surface area (Å²) in [5.74, 6) is -2.33. The van der Waals surface area contributed by atoms with Crippen LogP contribution in [0.4, 0.5) is 13.2 Å². The van der Waals surface area contributed by atoms with Gasteiger partial charge in [0.25, 0.3) is 5.91 Å². The van der Waals surface area contributed by atoms with E-state index >= 15 is 0 Å². The normalized spacial score (nSPS) is 22.5. The molecule has 5 nitrogen and oxygen atoms in total. The fraction of sp³-hybridized carbons (Fsp3) is 0.500. The summed E-state index contributed by atoms with van der Waals surface area (Å²) in [7, 11) is 0. The number of aliphatic carboxylic acids is 1. The molecule has 2 atom stereocenters. The van der Waals surface area contributed by atoms with Crippen molar-refractivity contribution in [1.82, 2.24) is 9.88 Å². The number of hydrogen-bond donors (Lipinski definition) is 1. The third-order valence-electron chi connectivity index (χ3n) is 3.80. The number of alkyl halides is 3. The van der Waals surface area contributed by atoms with Crippen molar-refractivity contribution in [3.63, 3.8) is 0 Å². The third kappa shape index (κ3) is 3.37. The molecule has 2 heterocycles. The van der Waals surface area contributed by atoms with Crippen LogP contribution in [0.5, 0.6) is 0 Å². The van der Waals surface area contributed by atoms with Gasteiger partial charge in [0.15, 0.2) is 0 Å². The fourth-order valence-corrected chi connectivity index (χ4v) is 2.47. The molecule has 1 aromatic rings. The summed E-state index contributed by atoms with van der Waals surface area (Å²) in [6.45, 7) is 1.74. The van der Waals surface area contributed by atoms with Crippen LogP contribution < -0.4 is 0 Å². The standard InChI is InChI=1S/C14H15F3N2O3/c1-8-2-3-9(13(21)22)7-19(8)12(20)10-4-11(6-18-5-10)14(15,16)17/h4-6,8-9H,2-3,7H2,1H3,(H,21,22). The molecular weight excluding hydrogens is 301 g/mol. The van der Waals surface area contributed by atoms with E-state index in [-0.39, 0.29) is 18.2 Å². The van der Waals surface area contributed by atoms with Crippen molar-refractivity contribution in [3.05, 3.63) is 29.6 Å². The maximum Gasteiger partial charge on any atom is 0.417 e. The number of aromatic nitrogens is 1. The zero-order chi connectivity index (χ0) is 16.5. The monoisotopic (exact) mass is 316 g/mol. The molecular formula is C14H15F3N2O3. The van der Waals surface area contributed by atoms with E-state index in [0.717, 1.165) is 12.3 Å². The Bertz CT molecular complexity index is 589. The van der Waals surface area contributed by atoms with E-state index in [0.29, 0.717) is 19.0 Å². The molecule has 0 saturated carbocycles. The van der Waals surface area contributed by atoms with Gasteiger partial charge in [0.2, 0.25) is 0 Å². The van der Waals surface area contributed by atoms with Crippen LogP contribution in [0.15, 0.2) is 18.5 Å². The summed E-state index contributed by atoms with van der Waals surface area (Å²) in [6, 6.07) is 0.518. The van der Waals surface area contributed by atoms with Crippen LogP contribution in [0.25, 0.3) is 0 Å². The minimum absolute atomic E-state index is 0.00835. The van der Waals surface area contributed by atoms with E-state index in [2.05, 4.69) is 4.98 Å². The summed E-state index contributed by atoms with van der Waals surface area (Å²) < 4.78 is 38.0. The lowest BCUT2D eigenvalue weighted by molar-refractivity contribution is -0.143. The highest BCUT2D eigenvalue weighted by atomic mass is 19.4. The van der Waals surface area contributed by atoms with Gasteiger partial charge in [-0.15, -0.1) is 0 Å². The number of likely N-dealkylation sites (tertiary alicyclic amines) is 1. The molecule has 8 heteroatoms. The smallest absolute Gasteiger partial charge is 0.417 e. The van der Waals surface area contributed by atoms with Crippen LogP contribution in [0.1, 0.15) is 35.7 Å². The van der Waals surface area contributed by atoms with Gasteiger partial charge >= 0.3 is 12.1 Å². The van der Waals surface area contributed by atoms with Gasteiger partial charge < -0.3 is 10.0 Å². The fourth-order valence-electron chi connectivity index (χ4n) is 2.47. The number of carboxylic acid groups (broad SMARTS) is 1. The third-order valence-corrected chi connectivity index (χ3v) is 3.80. The number of rotatable bonds is 2. The largest absolute Gasteiger partial charge is 0.481 e. The minimum atomic E-state index is -4.58. The molecule has 0 spiro atoms. The second-order valence-electron chi connectivity index (χ2n) is 5.38. The van der Waals surface area contributed by atoms with Gasteiger partial charge in [-0.05, 0) is 25.8 Å². The Hall–Kier alpha value is -2.12. The van der Waals surface area contributed by atoms with E-state index in [1.54, 1.807) is 6.92 Å². The first-order valence-corrected chi connectivity index (χ1v) is 6.76. The second-order valence-corrected chi connectivity index (χ2v) is 5.38. The predicted octanol–water partition coefficient (Wildman–Crippen LogP) is 2.43. The van der Waals surface area contributed by atoms with E-state index in [1.807, 2.05) is 0 Å². The van der Waals surface area contributed by atoms with E-state index in [4.69, 9.17) is 5.11 Å². The first-order valence-electron chi connectivity index (χ1n) is 6.76. The average Bonchev–Trinajstić information content (AvgIpc) is 2.46. The number of pyridine rings is 1. The average molecular weight is 316 g/mol. The lowest BCUT2D eigenvalue weighted by Crippen LogP contribution is -2.47. The first kappa shape index (κ1) is 16.3. The molecule has 22 heavy (non-hydrogen) atoms. The molecule has 1 amide bonds. The molecule has 1 N–H and O–H groups in total. The maximum atomic E-state index is 12.7. The summed E-state index contributed by atoms with van der Waals surface area (Å²) in [5.41, 5.74) is -1.19. The Labute approximate surface area is 124 Å². The molecule has 0 bridgehead atoms. The van der Waals surface area contributed by atoms with Gasteiger partial charge in [-0.2, -0.15) is 13.2 Å². The molecule has 0 radical (unpaired) electrons. The summed E-state index contributed by atoms with van der Waals surface area (Å²) in [5, 5.41) is 9.05. The molecule has 120 valence electrons. The van der Waals surface area contributed by atoms with Gasteiger partial charge in [0.05, 0.1) is 17.0 Å². The number of carbonyl (C=O) groups is 2. The molecule has 1 aromatic heterocycles. The Balaban J connectivity index is 2.25. The van der Waals surface area contributed by atoms with Crippen molar-refractivity contribution in [2.45, 2.75) is 32.0 Å². The molecule has 2 unspecified atom stereocenters. The van der Waals surface area contributed by atoms with Crippen LogP contribution >= 0.6 is 0 Å². The zero-order valence-electron chi connectivity index (χ0n) is 11.8. The van der Waals surface area contributed by atoms with Crippen LogP contribution in [0, 0.1) is 5.92 Å². The van der Waals surface area contributed by atoms with Crippen molar-refractivity contribution in [2.24, 2.45) is 5.92 Å². The number of halogens is 3. The number of carbonyl (C=O) groups excluding carboxylic acids is 1. The lowest BCUT2D eigenvalue weighted by atomic mass is 9.93. The van der Waals surface area contributed by atoms with Crippen LogP contribution in [-0.4, -0.2) is 39.5 Å². The van der Waals surface area contributed by atoms with Gasteiger partial charge in [0.1, 0.15) is 0 Å². The second kappa shape index (κ2) is 5.94. The SMILES string of the molecule is CC1CCC(C(=O)O)CN1C(=O)c1cncc(C(F)(F)F)c1. The van der Waals surface area contributed by atoms with Gasteiger partial charge in [-0.3, -0.25) is 14.6 Å². The number of hydrogen-bond acceptors (Lipinski definition) is 3. The molecule has 1 aliphatic rings.